The molecule has 3 N–H and O–H groups in total. The Bertz CT molecular complexity index is 458. The van der Waals surface area contributed by atoms with Gasteiger partial charge in [-0.1, -0.05) is 34.1 Å². The van der Waals surface area contributed by atoms with Gasteiger partial charge in [0, 0.05) is 6.42 Å². The van der Waals surface area contributed by atoms with Crippen LogP contribution >= 0.6 is 15.9 Å². The first-order valence-corrected chi connectivity index (χ1v) is 6.33. The van der Waals surface area contributed by atoms with Crippen LogP contribution < -0.4 is 0 Å². The van der Waals surface area contributed by atoms with Crippen LogP contribution in [-0.4, -0.2) is 32.4 Å². The summed E-state index contributed by atoms with van der Waals surface area (Å²) in [7, 11) is 0. The number of ketones is 1. The van der Waals surface area contributed by atoms with Crippen molar-refractivity contribution >= 4 is 27.7 Å². The van der Waals surface area contributed by atoms with Gasteiger partial charge in [0.15, 0.2) is 6.10 Å². The second kappa shape index (κ2) is 6.63. The molecule has 1 rings (SSSR count). The Morgan fingerprint density at radius 2 is 2.00 bits per heavy atom. The van der Waals surface area contributed by atoms with Gasteiger partial charge in [0.2, 0.25) is 0 Å². The van der Waals surface area contributed by atoms with Crippen molar-refractivity contribution in [1.29, 1.82) is 0 Å². The first-order valence-electron chi connectivity index (χ1n) is 5.21. The van der Waals surface area contributed by atoms with Crippen LogP contribution in [0.4, 0.5) is 0 Å². The third-order valence-electron chi connectivity index (χ3n) is 2.53. The van der Waals surface area contributed by atoms with Gasteiger partial charge in [0.1, 0.15) is 5.78 Å². The molecule has 0 saturated carbocycles. The number of aliphatic carboxylic acids is 1. The fourth-order valence-corrected chi connectivity index (χ4v) is 1.85. The average molecular weight is 317 g/mol. The van der Waals surface area contributed by atoms with Crippen LogP contribution in [0.2, 0.25) is 0 Å². The molecule has 1 unspecified atom stereocenters. The van der Waals surface area contributed by atoms with Crippen molar-refractivity contribution in [2.24, 2.45) is 0 Å². The number of carbonyl (C=O) groups excluding carboxylic acids is 1. The zero-order valence-corrected chi connectivity index (χ0v) is 11.1. The van der Waals surface area contributed by atoms with E-state index >= 15 is 0 Å². The third kappa shape index (κ3) is 3.38. The molecule has 1 aromatic rings. The zero-order chi connectivity index (χ0) is 13.7. The van der Waals surface area contributed by atoms with Crippen molar-refractivity contribution in [2.45, 2.75) is 19.1 Å². The van der Waals surface area contributed by atoms with Crippen LogP contribution in [0.15, 0.2) is 18.2 Å². The lowest BCUT2D eigenvalue weighted by Gasteiger charge is -2.15. The number of benzene rings is 1. The minimum atomic E-state index is -1.70. The Morgan fingerprint density at radius 3 is 2.50 bits per heavy atom. The summed E-state index contributed by atoms with van der Waals surface area (Å²) in [5.74, 6) is -1.55. The molecule has 1 aromatic carbocycles. The van der Waals surface area contributed by atoms with E-state index in [1.807, 2.05) is 0 Å². The number of hydrogen-bond acceptors (Lipinski definition) is 4. The number of rotatable bonds is 6. The summed E-state index contributed by atoms with van der Waals surface area (Å²) in [6.07, 6.45) is -1.73. The van der Waals surface area contributed by atoms with Gasteiger partial charge >= 0.3 is 5.97 Å². The molecule has 0 bridgehead atoms. The lowest BCUT2D eigenvalue weighted by atomic mass is 9.94. The third-order valence-corrected chi connectivity index (χ3v) is 3.16. The summed E-state index contributed by atoms with van der Waals surface area (Å²) in [4.78, 5) is 22.2. The molecule has 0 aliphatic carbocycles. The van der Waals surface area contributed by atoms with E-state index in [4.69, 9.17) is 5.11 Å². The first kappa shape index (κ1) is 14.8. The molecule has 0 heterocycles. The van der Waals surface area contributed by atoms with Crippen molar-refractivity contribution in [1.82, 2.24) is 0 Å². The zero-order valence-electron chi connectivity index (χ0n) is 9.47. The highest BCUT2D eigenvalue weighted by molar-refractivity contribution is 9.09. The second-order valence-electron chi connectivity index (χ2n) is 3.73. The number of aliphatic hydroxyl groups is 2. The molecule has 18 heavy (non-hydrogen) atoms. The quantitative estimate of drug-likeness (QED) is 0.675. The normalized spacial score (nSPS) is 12.2. The van der Waals surface area contributed by atoms with Gasteiger partial charge in [-0.15, -0.1) is 0 Å². The van der Waals surface area contributed by atoms with Crippen LogP contribution in [0.25, 0.3) is 0 Å². The van der Waals surface area contributed by atoms with E-state index in [1.165, 1.54) is 12.1 Å². The Balaban J connectivity index is 3.24. The number of hydrogen-bond donors (Lipinski definition) is 3. The predicted octanol–water partition coefficient (Wildman–Crippen LogP) is 0.803. The number of halogens is 1. The molecule has 0 aliphatic heterocycles. The maximum Gasteiger partial charge on any atom is 0.337 e. The lowest BCUT2D eigenvalue weighted by molar-refractivity contribution is -0.147. The average Bonchev–Trinajstić information content (AvgIpc) is 2.37. The highest BCUT2D eigenvalue weighted by Gasteiger charge is 2.22. The minimum absolute atomic E-state index is 0.0261. The fourth-order valence-electron chi connectivity index (χ4n) is 1.65. The molecule has 0 aliphatic rings. The highest BCUT2D eigenvalue weighted by Crippen LogP contribution is 2.23. The Kier molecular flexibility index (Phi) is 5.46. The summed E-state index contributed by atoms with van der Waals surface area (Å²) in [5.41, 5.74) is 0.963. The number of carboxylic acid groups (broad SMARTS) is 1. The number of carboxylic acids is 1. The molecule has 0 radical (unpaired) electrons. The topological polar surface area (TPSA) is 94.8 Å². The molecule has 6 heteroatoms. The first-order chi connectivity index (χ1) is 8.51. The van der Waals surface area contributed by atoms with Gasteiger partial charge in [-0.2, -0.15) is 0 Å². The number of Topliss-reactive ketones (excluding diaryl/α,β-unsaturated/α-hetero) is 1. The van der Waals surface area contributed by atoms with Crippen LogP contribution in [0.5, 0.6) is 0 Å². The lowest BCUT2D eigenvalue weighted by Crippen LogP contribution is -2.16. The summed E-state index contributed by atoms with van der Waals surface area (Å²) in [6, 6.07) is 4.57. The summed E-state index contributed by atoms with van der Waals surface area (Å²) < 4.78 is 0. The monoisotopic (exact) mass is 316 g/mol. The molecule has 1 atom stereocenters. The van der Waals surface area contributed by atoms with E-state index in [1.54, 1.807) is 6.07 Å². The van der Waals surface area contributed by atoms with Gasteiger partial charge in [0.05, 0.1) is 11.9 Å². The van der Waals surface area contributed by atoms with E-state index in [0.717, 1.165) is 0 Å². The van der Waals surface area contributed by atoms with Gasteiger partial charge in [0.25, 0.3) is 0 Å². The van der Waals surface area contributed by atoms with E-state index in [0.29, 0.717) is 11.1 Å². The smallest absolute Gasteiger partial charge is 0.337 e. The van der Waals surface area contributed by atoms with Gasteiger partial charge < -0.3 is 15.3 Å². The Morgan fingerprint density at radius 1 is 1.33 bits per heavy atom. The summed E-state index contributed by atoms with van der Waals surface area (Å²) in [5, 5.41) is 27.7. The largest absolute Gasteiger partial charge is 0.479 e. The molecule has 0 amide bonds. The highest BCUT2D eigenvalue weighted by atomic mass is 79.9. The summed E-state index contributed by atoms with van der Waals surface area (Å²) in [6.45, 7) is -0.314. The van der Waals surface area contributed by atoms with E-state index < -0.39 is 12.1 Å². The van der Waals surface area contributed by atoms with Gasteiger partial charge in [-0.05, 0) is 16.7 Å². The van der Waals surface area contributed by atoms with Crippen LogP contribution in [-0.2, 0) is 22.6 Å². The predicted molar refractivity (Wildman–Crippen MR) is 67.5 cm³/mol. The molecule has 0 spiro atoms. The van der Waals surface area contributed by atoms with E-state index in [2.05, 4.69) is 15.9 Å². The standard InChI is InChI=1S/C12H13BrO5/c13-5-8(15)4-10-7(6-14)2-1-3-9(10)11(16)12(17)18/h1-3,11,14,16H,4-6H2,(H,17,18). The maximum atomic E-state index is 11.4. The SMILES string of the molecule is O=C(CBr)Cc1c(CO)cccc1C(O)C(=O)O. The fraction of sp³-hybridized carbons (Fsp3) is 0.333. The molecular weight excluding hydrogens is 304 g/mol. The number of aliphatic hydroxyl groups excluding tert-OH is 2. The molecular formula is C12H13BrO5. The van der Waals surface area contributed by atoms with E-state index in [-0.39, 0.29) is 29.7 Å². The van der Waals surface area contributed by atoms with Crippen molar-refractivity contribution in [3.63, 3.8) is 0 Å². The molecule has 0 saturated heterocycles. The number of alkyl halides is 1. The van der Waals surface area contributed by atoms with Crippen LogP contribution in [0, 0.1) is 0 Å². The molecule has 0 aromatic heterocycles. The minimum Gasteiger partial charge on any atom is -0.479 e. The second-order valence-corrected chi connectivity index (χ2v) is 4.29. The Hall–Kier alpha value is -1.24. The van der Waals surface area contributed by atoms with Crippen molar-refractivity contribution in [2.75, 3.05) is 5.33 Å². The maximum absolute atomic E-state index is 11.4. The van der Waals surface area contributed by atoms with Crippen LogP contribution in [0.3, 0.4) is 0 Å². The molecule has 98 valence electrons. The van der Waals surface area contributed by atoms with Gasteiger partial charge in [-0.3, -0.25) is 4.79 Å². The van der Waals surface area contributed by atoms with Crippen molar-refractivity contribution in [3.05, 3.63) is 34.9 Å². The van der Waals surface area contributed by atoms with Crippen molar-refractivity contribution < 1.29 is 24.9 Å². The molecule has 5 nitrogen and oxygen atoms in total. The molecule has 0 fully saturated rings. The van der Waals surface area contributed by atoms with Crippen LogP contribution in [0.1, 0.15) is 22.8 Å². The Labute approximate surface area is 112 Å². The van der Waals surface area contributed by atoms with Crippen molar-refractivity contribution in [3.8, 4) is 0 Å². The van der Waals surface area contributed by atoms with Gasteiger partial charge in [-0.25, -0.2) is 4.79 Å². The number of carbonyl (C=O) groups is 2. The van der Waals surface area contributed by atoms with E-state index in [9.17, 15) is 19.8 Å². The summed E-state index contributed by atoms with van der Waals surface area (Å²) >= 11 is 3.02.